The molecular formula is C15H21BrN2O2. The third-order valence-corrected chi connectivity index (χ3v) is 4.09. The number of hydrogen-bond acceptors (Lipinski definition) is 3. The molecule has 1 aliphatic carbocycles. The van der Waals surface area contributed by atoms with Crippen LogP contribution in [0.1, 0.15) is 32.1 Å². The molecule has 20 heavy (non-hydrogen) atoms. The van der Waals surface area contributed by atoms with E-state index in [1.807, 2.05) is 24.3 Å². The minimum atomic E-state index is -0.135. The zero-order chi connectivity index (χ0) is 14.4. The first-order valence-electron chi connectivity index (χ1n) is 7.08. The summed E-state index contributed by atoms with van der Waals surface area (Å²) in [5.41, 5.74) is 6.84. The molecule has 2 unspecified atom stereocenters. The molecule has 1 fully saturated rings. The largest absolute Gasteiger partial charge is 0.367 e. The number of nitrogens with one attached hydrogen (secondary N) is 1. The summed E-state index contributed by atoms with van der Waals surface area (Å²) in [6.45, 7) is 0.0639. The summed E-state index contributed by atoms with van der Waals surface area (Å²) in [5.74, 6) is -0.135. The average Bonchev–Trinajstić information content (AvgIpc) is 2.64. The number of benzene rings is 1. The Morgan fingerprint density at radius 1 is 1.25 bits per heavy atom. The third kappa shape index (κ3) is 4.89. The van der Waals surface area contributed by atoms with Gasteiger partial charge in [-0.2, -0.15) is 0 Å². The highest BCUT2D eigenvalue weighted by Gasteiger charge is 2.21. The van der Waals surface area contributed by atoms with E-state index in [1.165, 1.54) is 6.42 Å². The van der Waals surface area contributed by atoms with Crippen LogP contribution in [0.5, 0.6) is 0 Å². The fourth-order valence-electron chi connectivity index (χ4n) is 2.42. The number of amides is 1. The molecule has 5 heteroatoms. The molecule has 4 nitrogen and oxygen atoms in total. The number of nitrogens with two attached hydrogens (primary N) is 1. The van der Waals surface area contributed by atoms with Crippen LogP contribution < -0.4 is 11.1 Å². The molecule has 1 saturated carbocycles. The maximum Gasteiger partial charge on any atom is 0.250 e. The van der Waals surface area contributed by atoms with E-state index in [1.54, 1.807) is 0 Å². The number of hydrogen-bond donors (Lipinski definition) is 2. The Bertz CT molecular complexity index is 436. The first-order valence-corrected chi connectivity index (χ1v) is 7.87. The van der Waals surface area contributed by atoms with E-state index in [0.717, 1.165) is 35.8 Å². The second-order valence-corrected chi connectivity index (χ2v) is 6.12. The molecule has 2 rings (SSSR count). The number of carbonyl (C=O) groups excluding carboxylic acids is 1. The molecule has 0 heterocycles. The van der Waals surface area contributed by atoms with Gasteiger partial charge >= 0.3 is 0 Å². The highest BCUT2D eigenvalue weighted by Crippen LogP contribution is 2.19. The number of carbonyl (C=O) groups is 1. The van der Waals surface area contributed by atoms with Gasteiger partial charge in [-0.05, 0) is 37.1 Å². The van der Waals surface area contributed by atoms with Crippen LogP contribution in [0, 0.1) is 0 Å². The lowest BCUT2D eigenvalue weighted by Crippen LogP contribution is -2.37. The molecular weight excluding hydrogens is 320 g/mol. The van der Waals surface area contributed by atoms with Crippen molar-refractivity contribution in [3.05, 3.63) is 28.7 Å². The van der Waals surface area contributed by atoms with E-state index in [-0.39, 0.29) is 24.7 Å². The van der Waals surface area contributed by atoms with Crippen molar-refractivity contribution in [2.45, 2.75) is 44.2 Å². The molecule has 110 valence electrons. The minimum absolute atomic E-state index is 0.00756. The number of anilines is 1. The zero-order valence-electron chi connectivity index (χ0n) is 11.5. The first-order chi connectivity index (χ1) is 9.65. The third-order valence-electron chi connectivity index (χ3n) is 3.56. The van der Waals surface area contributed by atoms with Crippen molar-refractivity contribution in [2.75, 3.05) is 11.9 Å². The van der Waals surface area contributed by atoms with Crippen LogP contribution in [0.3, 0.4) is 0 Å². The summed E-state index contributed by atoms with van der Waals surface area (Å²) in [5, 5.41) is 2.81. The first kappa shape index (κ1) is 15.5. The van der Waals surface area contributed by atoms with Gasteiger partial charge in [0.1, 0.15) is 6.61 Å². The summed E-state index contributed by atoms with van der Waals surface area (Å²) in [4.78, 5) is 11.8. The van der Waals surface area contributed by atoms with Gasteiger partial charge in [0.25, 0.3) is 0 Å². The maximum atomic E-state index is 11.8. The van der Waals surface area contributed by atoms with Crippen LogP contribution in [0.15, 0.2) is 28.7 Å². The summed E-state index contributed by atoms with van der Waals surface area (Å²) in [7, 11) is 0. The van der Waals surface area contributed by atoms with Gasteiger partial charge < -0.3 is 15.8 Å². The predicted molar refractivity (Wildman–Crippen MR) is 83.6 cm³/mol. The second-order valence-electron chi connectivity index (χ2n) is 5.21. The SMILES string of the molecule is NC1CCCCCC1OCC(=O)Nc1ccc(Br)cc1. The van der Waals surface area contributed by atoms with Crippen LogP contribution in [0.4, 0.5) is 5.69 Å². The Kier molecular flexibility index (Phi) is 6.01. The van der Waals surface area contributed by atoms with Gasteiger partial charge in [-0.25, -0.2) is 0 Å². The molecule has 0 aliphatic heterocycles. The van der Waals surface area contributed by atoms with E-state index in [9.17, 15) is 4.79 Å². The van der Waals surface area contributed by atoms with E-state index >= 15 is 0 Å². The van der Waals surface area contributed by atoms with Crippen LogP contribution in [0.2, 0.25) is 0 Å². The van der Waals surface area contributed by atoms with E-state index < -0.39 is 0 Å². The van der Waals surface area contributed by atoms with Crippen LogP contribution in [-0.2, 0) is 9.53 Å². The van der Waals surface area contributed by atoms with E-state index in [0.29, 0.717) is 0 Å². The number of rotatable bonds is 4. The van der Waals surface area contributed by atoms with Gasteiger partial charge in [0, 0.05) is 16.2 Å². The molecule has 0 saturated heterocycles. The van der Waals surface area contributed by atoms with E-state index in [2.05, 4.69) is 21.2 Å². The van der Waals surface area contributed by atoms with Crippen molar-refractivity contribution in [2.24, 2.45) is 5.73 Å². The molecule has 1 aromatic rings. The van der Waals surface area contributed by atoms with Crippen molar-refractivity contribution < 1.29 is 9.53 Å². The normalized spacial score (nSPS) is 23.1. The van der Waals surface area contributed by atoms with Crippen molar-refractivity contribution in [1.82, 2.24) is 0 Å². The molecule has 1 aliphatic rings. The second kappa shape index (κ2) is 7.76. The average molecular weight is 341 g/mol. The van der Waals surface area contributed by atoms with Crippen LogP contribution in [0.25, 0.3) is 0 Å². The topological polar surface area (TPSA) is 64.3 Å². The lowest BCUT2D eigenvalue weighted by molar-refractivity contribution is -0.123. The van der Waals surface area contributed by atoms with Crippen molar-refractivity contribution in [3.63, 3.8) is 0 Å². The van der Waals surface area contributed by atoms with Gasteiger partial charge in [-0.1, -0.05) is 35.2 Å². The van der Waals surface area contributed by atoms with Crippen molar-refractivity contribution in [1.29, 1.82) is 0 Å². The standard InChI is InChI=1S/C15H21BrN2O2/c16-11-6-8-12(9-7-11)18-15(19)10-20-14-5-3-1-2-4-13(14)17/h6-9,13-14H,1-5,10,17H2,(H,18,19). The minimum Gasteiger partial charge on any atom is -0.367 e. The Morgan fingerprint density at radius 3 is 2.70 bits per heavy atom. The smallest absolute Gasteiger partial charge is 0.250 e. The molecule has 0 radical (unpaired) electrons. The fourth-order valence-corrected chi connectivity index (χ4v) is 2.69. The predicted octanol–water partition coefficient (Wildman–Crippen LogP) is 3.06. The van der Waals surface area contributed by atoms with E-state index in [4.69, 9.17) is 10.5 Å². The highest BCUT2D eigenvalue weighted by atomic mass is 79.9. The van der Waals surface area contributed by atoms with Crippen molar-refractivity contribution >= 4 is 27.5 Å². The summed E-state index contributed by atoms with van der Waals surface area (Å²) < 4.78 is 6.67. The molecule has 2 atom stereocenters. The Labute approximate surface area is 128 Å². The van der Waals surface area contributed by atoms with Gasteiger partial charge in [-0.3, -0.25) is 4.79 Å². The van der Waals surface area contributed by atoms with Crippen LogP contribution in [-0.4, -0.2) is 24.7 Å². The molecule has 3 N–H and O–H groups in total. The molecule has 1 aromatic carbocycles. The zero-order valence-corrected chi connectivity index (χ0v) is 13.1. The van der Waals surface area contributed by atoms with Gasteiger partial charge in [0.05, 0.1) is 6.10 Å². The molecule has 0 bridgehead atoms. The Hall–Kier alpha value is -0.910. The fraction of sp³-hybridized carbons (Fsp3) is 0.533. The number of ether oxygens (including phenoxy) is 1. The van der Waals surface area contributed by atoms with Crippen LogP contribution >= 0.6 is 15.9 Å². The van der Waals surface area contributed by atoms with Crippen molar-refractivity contribution in [3.8, 4) is 0 Å². The molecule has 1 amide bonds. The van der Waals surface area contributed by atoms with Gasteiger partial charge in [-0.15, -0.1) is 0 Å². The molecule has 0 spiro atoms. The quantitative estimate of drug-likeness (QED) is 0.828. The van der Waals surface area contributed by atoms with Gasteiger partial charge in [0.15, 0.2) is 0 Å². The van der Waals surface area contributed by atoms with Gasteiger partial charge in [0.2, 0.25) is 5.91 Å². The summed E-state index contributed by atoms with van der Waals surface area (Å²) in [6, 6.07) is 7.52. The summed E-state index contributed by atoms with van der Waals surface area (Å²) in [6.07, 6.45) is 5.44. The summed E-state index contributed by atoms with van der Waals surface area (Å²) >= 11 is 3.36. The number of halogens is 1. The highest BCUT2D eigenvalue weighted by molar-refractivity contribution is 9.10. The maximum absolute atomic E-state index is 11.8. The Morgan fingerprint density at radius 2 is 1.95 bits per heavy atom. The lowest BCUT2D eigenvalue weighted by Gasteiger charge is -2.21. The molecule has 0 aromatic heterocycles. The monoisotopic (exact) mass is 340 g/mol. The lowest BCUT2D eigenvalue weighted by atomic mass is 10.1. The Balaban J connectivity index is 1.78.